The quantitative estimate of drug-likeness (QED) is 0.882. The number of rotatable bonds is 6. The third-order valence-electron chi connectivity index (χ3n) is 5.34. The number of piperidine rings is 1. The molecule has 1 aliphatic carbocycles. The minimum Gasteiger partial charge on any atom is -0.493 e. The summed E-state index contributed by atoms with van der Waals surface area (Å²) in [4.78, 5) is 4.93. The fraction of sp³-hybridized carbons (Fsp3) is 0.632. The van der Waals surface area contributed by atoms with E-state index in [0.29, 0.717) is 12.0 Å². The van der Waals surface area contributed by atoms with Crippen LogP contribution in [0.15, 0.2) is 12.1 Å². The number of aryl methyl sites for hydroxylation is 1. The summed E-state index contributed by atoms with van der Waals surface area (Å²) in [6.45, 7) is 2.19. The lowest BCUT2D eigenvalue weighted by Gasteiger charge is -2.24. The second-order valence-corrected chi connectivity index (χ2v) is 7.03. The molecule has 2 aromatic rings. The third kappa shape index (κ3) is 2.97. The lowest BCUT2D eigenvalue weighted by molar-refractivity contribution is 0.355. The molecule has 0 radical (unpaired) electrons. The van der Waals surface area contributed by atoms with Crippen LogP contribution in [0, 0.1) is 0 Å². The van der Waals surface area contributed by atoms with Crippen molar-refractivity contribution in [3.63, 3.8) is 0 Å². The van der Waals surface area contributed by atoms with Crippen LogP contribution >= 0.6 is 0 Å². The van der Waals surface area contributed by atoms with Crippen molar-refractivity contribution >= 4 is 11.0 Å². The maximum atomic E-state index is 5.50. The molecule has 2 heterocycles. The van der Waals surface area contributed by atoms with E-state index in [0.717, 1.165) is 30.1 Å². The number of benzene rings is 1. The fourth-order valence-electron chi connectivity index (χ4n) is 3.81. The highest BCUT2D eigenvalue weighted by Gasteiger charge is 2.30. The Morgan fingerprint density at radius 3 is 2.58 bits per heavy atom. The molecule has 24 heavy (non-hydrogen) atoms. The summed E-state index contributed by atoms with van der Waals surface area (Å²) in [6, 6.07) is 4.74. The zero-order valence-corrected chi connectivity index (χ0v) is 14.7. The molecular weight excluding hydrogens is 302 g/mol. The van der Waals surface area contributed by atoms with E-state index in [9.17, 15) is 0 Å². The first kappa shape index (κ1) is 15.8. The maximum absolute atomic E-state index is 5.50. The Kier molecular flexibility index (Phi) is 4.35. The molecule has 1 atom stereocenters. The van der Waals surface area contributed by atoms with Gasteiger partial charge in [0.05, 0.1) is 25.3 Å². The number of hydrogen-bond donors (Lipinski definition) is 1. The van der Waals surface area contributed by atoms with Crippen LogP contribution in [0.3, 0.4) is 0 Å². The average molecular weight is 329 g/mol. The summed E-state index contributed by atoms with van der Waals surface area (Å²) in [5.74, 6) is 3.42. The van der Waals surface area contributed by atoms with Crippen LogP contribution in [0.5, 0.6) is 11.5 Å². The predicted octanol–water partition coefficient (Wildman–Crippen LogP) is 3.46. The molecule has 1 saturated carbocycles. The van der Waals surface area contributed by atoms with Gasteiger partial charge in [-0.25, -0.2) is 4.98 Å². The van der Waals surface area contributed by atoms with Crippen molar-refractivity contribution in [2.24, 2.45) is 0 Å². The van der Waals surface area contributed by atoms with Gasteiger partial charge < -0.3 is 19.4 Å². The monoisotopic (exact) mass is 329 g/mol. The summed E-state index contributed by atoms with van der Waals surface area (Å²) in [5.41, 5.74) is 2.19. The van der Waals surface area contributed by atoms with Crippen LogP contribution in [0.25, 0.3) is 11.0 Å². The van der Waals surface area contributed by atoms with Crippen LogP contribution in [0.1, 0.15) is 50.3 Å². The van der Waals surface area contributed by atoms with E-state index in [1.165, 1.54) is 49.9 Å². The van der Waals surface area contributed by atoms with Gasteiger partial charge in [0.1, 0.15) is 5.82 Å². The van der Waals surface area contributed by atoms with Gasteiger partial charge in [-0.3, -0.25) is 0 Å². The van der Waals surface area contributed by atoms with Gasteiger partial charge in [0.15, 0.2) is 11.5 Å². The molecule has 5 heteroatoms. The highest BCUT2D eigenvalue weighted by Crippen LogP contribution is 2.42. The van der Waals surface area contributed by atoms with Crippen molar-refractivity contribution in [1.29, 1.82) is 0 Å². The Labute approximate surface area is 143 Å². The van der Waals surface area contributed by atoms with E-state index in [1.807, 2.05) is 6.07 Å². The number of nitrogens with zero attached hydrogens (tertiary/aromatic N) is 2. The normalized spacial score (nSPS) is 21.2. The molecular formula is C19H27N3O2. The molecule has 1 aromatic heterocycles. The second kappa shape index (κ2) is 6.63. The van der Waals surface area contributed by atoms with Crippen molar-refractivity contribution in [2.45, 2.75) is 57.0 Å². The van der Waals surface area contributed by atoms with Crippen LogP contribution in [-0.4, -0.2) is 36.4 Å². The number of imidazole rings is 1. The fourth-order valence-corrected chi connectivity index (χ4v) is 3.81. The molecule has 2 fully saturated rings. The Hall–Kier alpha value is -1.75. The average Bonchev–Trinajstić information content (AvgIpc) is 3.41. The van der Waals surface area contributed by atoms with E-state index < -0.39 is 0 Å². The molecule has 0 spiro atoms. The first-order valence-electron chi connectivity index (χ1n) is 9.15. The van der Waals surface area contributed by atoms with Gasteiger partial charge in [-0.05, 0) is 38.6 Å². The van der Waals surface area contributed by atoms with Gasteiger partial charge in [-0.1, -0.05) is 6.42 Å². The summed E-state index contributed by atoms with van der Waals surface area (Å²) >= 11 is 0. The molecule has 1 unspecified atom stereocenters. The summed E-state index contributed by atoms with van der Waals surface area (Å²) in [6.07, 6.45) is 7.65. The predicted molar refractivity (Wildman–Crippen MR) is 95.1 cm³/mol. The zero-order valence-electron chi connectivity index (χ0n) is 14.7. The van der Waals surface area contributed by atoms with Crippen molar-refractivity contribution in [2.75, 3.05) is 20.8 Å². The van der Waals surface area contributed by atoms with Gasteiger partial charge in [-0.15, -0.1) is 0 Å². The highest BCUT2D eigenvalue weighted by molar-refractivity contribution is 5.81. The van der Waals surface area contributed by atoms with E-state index in [2.05, 4.69) is 16.0 Å². The summed E-state index contributed by atoms with van der Waals surface area (Å²) < 4.78 is 13.4. The van der Waals surface area contributed by atoms with Crippen molar-refractivity contribution in [3.05, 3.63) is 18.0 Å². The maximum Gasteiger partial charge on any atom is 0.163 e. The number of ether oxygens (including phenoxy) is 2. The van der Waals surface area contributed by atoms with Gasteiger partial charge >= 0.3 is 0 Å². The van der Waals surface area contributed by atoms with Crippen LogP contribution < -0.4 is 14.8 Å². The Morgan fingerprint density at radius 1 is 1.12 bits per heavy atom. The number of fused-ring (bicyclic) bond motifs is 1. The Bertz CT molecular complexity index is 715. The molecule has 4 rings (SSSR count). The Morgan fingerprint density at radius 2 is 1.92 bits per heavy atom. The minimum atomic E-state index is 0.633. The summed E-state index contributed by atoms with van der Waals surface area (Å²) in [7, 11) is 3.37. The highest BCUT2D eigenvalue weighted by atomic mass is 16.5. The number of methoxy groups -OCH3 is 2. The summed E-state index contributed by atoms with van der Waals surface area (Å²) in [5, 5.41) is 3.66. The lowest BCUT2D eigenvalue weighted by Crippen LogP contribution is -2.34. The molecule has 1 saturated heterocycles. The first-order valence-corrected chi connectivity index (χ1v) is 9.15. The van der Waals surface area contributed by atoms with Crippen molar-refractivity contribution in [3.8, 4) is 11.5 Å². The standard InChI is InChI=1S/C19H27N3O2/c1-23-17-11-15-16(12-18(17)24-2)22(19(21-15)13-6-7-13)10-8-14-5-3-4-9-20-14/h11-14,20H,3-10H2,1-2H3. The van der Waals surface area contributed by atoms with Crippen LogP contribution in [0.2, 0.25) is 0 Å². The molecule has 1 N–H and O–H groups in total. The van der Waals surface area contributed by atoms with E-state index in [1.54, 1.807) is 14.2 Å². The van der Waals surface area contributed by atoms with E-state index >= 15 is 0 Å². The van der Waals surface area contributed by atoms with Crippen LogP contribution in [0.4, 0.5) is 0 Å². The first-order chi connectivity index (χ1) is 11.8. The molecule has 0 bridgehead atoms. The van der Waals surface area contributed by atoms with Gasteiger partial charge in [-0.2, -0.15) is 0 Å². The molecule has 0 amide bonds. The second-order valence-electron chi connectivity index (χ2n) is 7.03. The minimum absolute atomic E-state index is 0.633. The SMILES string of the molecule is COc1cc2nc(C3CC3)n(CCC3CCCCN3)c2cc1OC. The van der Waals surface area contributed by atoms with Gasteiger partial charge in [0, 0.05) is 30.6 Å². The molecule has 1 aliphatic heterocycles. The number of aromatic nitrogens is 2. The van der Waals surface area contributed by atoms with Gasteiger partial charge in [0.25, 0.3) is 0 Å². The topological polar surface area (TPSA) is 48.3 Å². The Balaban J connectivity index is 1.67. The van der Waals surface area contributed by atoms with E-state index in [4.69, 9.17) is 14.5 Å². The largest absolute Gasteiger partial charge is 0.493 e. The number of hydrogen-bond acceptors (Lipinski definition) is 4. The number of nitrogens with one attached hydrogen (secondary N) is 1. The van der Waals surface area contributed by atoms with E-state index in [-0.39, 0.29) is 0 Å². The van der Waals surface area contributed by atoms with Crippen molar-refractivity contribution < 1.29 is 9.47 Å². The molecule has 130 valence electrons. The van der Waals surface area contributed by atoms with Crippen molar-refractivity contribution in [1.82, 2.24) is 14.9 Å². The third-order valence-corrected chi connectivity index (χ3v) is 5.34. The van der Waals surface area contributed by atoms with Gasteiger partial charge in [0.2, 0.25) is 0 Å². The molecule has 1 aromatic carbocycles. The molecule has 5 nitrogen and oxygen atoms in total. The smallest absolute Gasteiger partial charge is 0.163 e. The molecule has 2 aliphatic rings. The van der Waals surface area contributed by atoms with Crippen LogP contribution in [-0.2, 0) is 6.54 Å². The lowest BCUT2D eigenvalue weighted by atomic mass is 10.0. The zero-order chi connectivity index (χ0) is 16.5.